The molecule has 2 heterocycles. The van der Waals surface area contributed by atoms with Crippen molar-refractivity contribution in [3.63, 3.8) is 0 Å². The lowest BCUT2D eigenvalue weighted by atomic mass is 10.1. The number of hydrogen-bond acceptors (Lipinski definition) is 5. The number of aromatic nitrogens is 2. The number of amides is 2. The number of rotatable bonds is 5. The molecule has 1 aromatic heterocycles. The normalized spacial score (nSPS) is 16.3. The van der Waals surface area contributed by atoms with Crippen LogP contribution >= 0.6 is 22.9 Å². The summed E-state index contributed by atoms with van der Waals surface area (Å²) < 4.78 is 0. The highest BCUT2D eigenvalue weighted by Crippen LogP contribution is 2.35. The van der Waals surface area contributed by atoms with Crippen LogP contribution in [0.5, 0.6) is 0 Å². The van der Waals surface area contributed by atoms with Crippen LogP contribution in [0.25, 0.3) is 0 Å². The lowest BCUT2D eigenvalue weighted by molar-refractivity contribution is -0.117. The highest BCUT2D eigenvalue weighted by atomic mass is 35.5. The maximum Gasteiger partial charge on any atom is 0.259 e. The predicted molar refractivity (Wildman–Crippen MR) is 115 cm³/mol. The zero-order valence-electron chi connectivity index (χ0n) is 15.8. The minimum absolute atomic E-state index is 0.0455. The predicted octanol–water partition coefficient (Wildman–Crippen LogP) is 4.53. The SMILES string of the molecule is CCc1ccccc1N1CC(c2nnc(NC(=O)c3ccccc3Cl)s2)CC1=O. The van der Waals surface area contributed by atoms with Crippen LogP contribution in [0.1, 0.15) is 40.2 Å². The third-order valence-electron chi connectivity index (χ3n) is 4.92. The van der Waals surface area contributed by atoms with Gasteiger partial charge in [-0.3, -0.25) is 14.9 Å². The zero-order valence-corrected chi connectivity index (χ0v) is 17.3. The van der Waals surface area contributed by atoms with Gasteiger partial charge in [0.05, 0.1) is 10.6 Å². The van der Waals surface area contributed by atoms with Crippen LogP contribution in [-0.2, 0) is 11.2 Å². The highest BCUT2D eigenvalue weighted by molar-refractivity contribution is 7.15. The average Bonchev–Trinajstić information content (AvgIpc) is 3.34. The molecule has 1 aliphatic rings. The van der Waals surface area contributed by atoms with Gasteiger partial charge < -0.3 is 4.90 Å². The molecule has 2 amide bonds. The molecule has 8 heteroatoms. The fraction of sp³-hybridized carbons (Fsp3) is 0.238. The quantitative estimate of drug-likeness (QED) is 0.650. The van der Waals surface area contributed by atoms with E-state index in [0.29, 0.717) is 28.7 Å². The van der Waals surface area contributed by atoms with Crippen molar-refractivity contribution in [3.8, 4) is 0 Å². The topological polar surface area (TPSA) is 75.2 Å². The van der Waals surface area contributed by atoms with Crippen LogP contribution in [0.15, 0.2) is 48.5 Å². The molecule has 0 aliphatic carbocycles. The van der Waals surface area contributed by atoms with E-state index in [0.717, 1.165) is 22.7 Å². The van der Waals surface area contributed by atoms with E-state index in [-0.39, 0.29) is 17.7 Å². The Kier molecular flexibility index (Phi) is 5.60. The maximum absolute atomic E-state index is 12.6. The first kappa shape index (κ1) is 19.5. The van der Waals surface area contributed by atoms with Crippen molar-refractivity contribution in [2.24, 2.45) is 0 Å². The van der Waals surface area contributed by atoms with Gasteiger partial charge in [0.15, 0.2) is 0 Å². The highest BCUT2D eigenvalue weighted by Gasteiger charge is 2.34. The summed E-state index contributed by atoms with van der Waals surface area (Å²) in [7, 11) is 0. The van der Waals surface area contributed by atoms with Crippen molar-refractivity contribution in [1.82, 2.24) is 10.2 Å². The van der Waals surface area contributed by atoms with Crippen LogP contribution in [0.4, 0.5) is 10.8 Å². The number of aryl methyl sites for hydroxylation is 1. The fourth-order valence-electron chi connectivity index (χ4n) is 3.44. The number of hydrogen-bond donors (Lipinski definition) is 1. The average molecular weight is 427 g/mol. The molecule has 1 atom stereocenters. The summed E-state index contributed by atoms with van der Waals surface area (Å²) in [5.41, 5.74) is 2.48. The van der Waals surface area contributed by atoms with Crippen LogP contribution in [0.2, 0.25) is 5.02 Å². The van der Waals surface area contributed by atoms with Crippen molar-refractivity contribution in [2.75, 3.05) is 16.8 Å². The van der Waals surface area contributed by atoms with Crippen molar-refractivity contribution in [3.05, 3.63) is 69.7 Å². The largest absolute Gasteiger partial charge is 0.311 e. The Hall–Kier alpha value is -2.77. The molecule has 3 aromatic rings. The van der Waals surface area contributed by atoms with E-state index >= 15 is 0 Å². The molecular weight excluding hydrogens is 408 g/mol. The van der Waals surface area contributed by atoms with Crippen molar-refractivity contribution in [1.29, 1.82) is 0 Å². The van der Waals surface area contributed by atoms with E-state index < -0.39 is 0 Å². The zero-order chi connectivity index (χ0) is 20.4. The lowest BCUT2D eigenvalue weighted by Gasteiger charge is -2.19. The smallest absolute Gasteiger partial charge is 0.259 e. The van der Waals surface area contributed by atoms with Gasteiger partial charge in [0.25, 0.3) is 5.91 Å². The summed E-state index contributed by atoms with van der Waals surface area (Å²) in [5, 5.41) is 12.5. The molecule has 2 aromatic carbocycles. The Labute approximate surface area is 177 Å². The Morgan fingerprint density at radius 1 is 1.21 bits per heavy atom. The minimum atomic E-state index is -0.334. The van der Waals surface area contributed by atoms with Gasteiger partial charge in [-0.25, -0.2) is 0 Å². The molecule has 1 saturated heterocycles. The van der Waals surface area contributed by atoms with Gasteiger partial charge in [-0.2, -0.15) is 0 Å². The van der Waals surface area contributed by atoms with Gasteiger partial charge in [0.1, 0.15) is 5.01 Å². The van der Waals surface area contributed by atoms with Crippen LogP contribution in [0.3, 0.4) is 0 Å². The fourth-order valence-corrected chi connectivity index (χ4v) is 4.49. The van der Waals surface area contributed by atoms with E-state index in [2.05, 4.69) is 22.4 Å². The third-order valence-corrected chi connectivity index (χ3v) is 6.25. The third kappa shape index (κ3) is 4.02. The van der Waals surface area contributed by atoms with Gasteiger partial charge in [-0.05, 0) is 30.2 Å². The Bertz CT molecular complexity index is 1070. The number of para-hydroxylation sites is 1. The molecule has 0 radical (unpaired) electrons. The molecule has 0 saturated carbocycles. The standard InChI is InChI=1S/C21H19ClN4O2S/c1-2-13-7-3-6-10-17(13)26-12-14(11-18(26)27)20-24-25-21(29-20)23-19(28)15-8-4-5-9-16(15)22/h3-10,14H,2,11-12H2,1H3,(H,23,25,28). The van der Waals surface area contributed by atoms with Crippen molar-refractivity contribution in [2.45, 2.75) is 25.7 Å². The number of benzene rings is 2. The molecule has 4 rings (SSSR count). The number of carbonyl (C=O) groups is 2. The Balaban J connectivity index is 1.48. The second kappa shape index (κ2) is 8.31. The van der Waals surface area contributed by atoms with E-state index in [1.165, 1.54) is 11.3 Å². The van der Waals surface area contributed by atoms with Crippen molar-refractivity contribution < 1.29 is 9.59 Å². The lowest BCUT2D eigenvalue weighted by Crippen LogP contribution is -2.25. The second-order valence-corrected chi connectivity index (χ2v) is 8.18. The van der Waals surface area contributed by atoms with Crippen molar-refractivity contribution >= 4 is 45.6 Å². The molecular formula is C21H19ClN4O2S. The number of nitrogens with one attached hydrogen (secondary N) is 1. The molecule has 0 spiro atoms. The Morgan fingerprint density at radius 2 is 1.97 bits per heavy atom. The first-order valence-electron chi connectivity index (χ1n) is 9.34. The van der Waals surface area contributed by atoms with Gasteiger partial charge in [-0.1, -0.05) is 60.2 Å². The first-order valence-corrected chi connectivity index (χ1v) is 10.5. The summed E-state index contributed by atoms with van der Waals surface area (Å²) in [5.74, 6) is -0.303. The van der Waals surface area contributed by atoms with Gasteiger partial charge in [-0.15, -0.1) is 10.2 Å². The number of anilines is 2. The van der Waals surface area contributed by atoms with Gasteiger partial charge in [0, 0.05) is 24.6 Å². The van der Waals surface area contributed by atoms with E-state index in [1.54, 1.807) is 24.3 Å². The summed E-state index contributed by atoms with van der Waals surface area (Å²) in [6, 6.07) is 14.8. The summed E-state index contributed by atoms with van der Waals surface area (Å²) >= 11 is 7.36. The van der Waals surface area contributed by atoms with Gasteiger partial charge >= 0.3 is 0 Å². The molecule has 1 aliphatic heterocycles. The van der Waals surface area contributed by atoms with Crippen LogP contribution in [-0.4, -0.2) is 28.6 Å². The minimum Gasteiger partial charge on any atom is -0.311 e. The van der Waals surface area contributed by atoms with E-state index in [1.807, 2.05) is 29.2 Å². The molecule has 148 valence electrons. The van der Waals surface area contributed by atoms with Gasteiger partial charge in [0.2, 0.25) is 11.0 Å². The van der Waals surface area contributed by atoms with Crippen LogP contribution in [0, 0.1) is 0 Å². The molecule has 1 N–H and O–H groups in total. The number of halogens is 1. The molecule has 1 unspecified atom stereocenters. The molecule has 0 bridgehead atoms. The molecule has 6 nitrogen and oxygen atoms in total. The number of nitrogens with zero attached hydrogens (tertiary/aromatic N) is 3. The van der Waals surface area contributed by atoms with E-state index in [4.69, 9.17) is 11.6 Å². The second-order valence-electron chi connectivity index (χ2n) is 6.77. The van der Waals surface area contributed by atoms with Crippen LogP contribution < -0.4 is 10.2 Å². The summed E-state index contributed by atoms with van der Waals surface area (Å²) in [6.07, 6.45) is 1.24. The summed E-state index contributed by atoms with van der Waals surface area (Å²) in [4.78, 5) is 26.9. The number of carbonyl (C=O) groups excluding carboxylic acids is 2. The Morgan fingerprint density at radius 3 is 2.76 bits per heavy atom. The maximum atomic E-state index is 12.6. The molecule has 29 heavy (non-hydrogen) atoms. The summed E-state index contributed by atoms with van der Waals surface area (Å²) in [6.45, 7) is 2.64. The monoisotopic (exact) mass is 426 g/mol. The van der Waals surface area contributed by atoms with E-state index in [9.17, 15) is 9.59 Å². The molecule has 1 fully saturated rings. The first-order chi connectivity index (χ1) is 14.1.